The number of quaternary nitrogens is 1. The van der Waals surface area contributed by atoms with E-state index in [2.05, 4.69) is 46.5 Å². The van der Waals surface area contributed by atoms with Crippen molar-refractivity contribution < 1.29 is 50.8 Å². The first-order valence-electron chi connectivity index (χ1n) is 21.7. The smallest absolute Gasteiger partial charge is 0.226 e. The van der Waals surface area contributed by atoms with Crippen molar-refractivity contribution in [2.24, 2.45) is 22.0 Å². The highest BCUT2D eigenvalue weighted by atomic mass is 32.2. The van der Waals surface area contributed by atoms with Gasteiger partial charge in [0.25, 0.3) is 0 Å². The van der Waals surface area contributed by atoms with E-state index in [9.17, 15) is 32.1 Å². The van der Waals surface area contributed by atoms with Crippen LogP contribution >= 0.6 is 25.3 Å². The fraction of sp³-hybridized carbons (Fsp3) is 0.902. The molecule has 0 aliphatic carbocycles. The van der Waals surface area contributed by atoms with Crippen molar-refractivity contribution in [1.29, 1.82) is 0 Å². The van der Waals surface area contributed by atoms with Gasteiger partial charge < -0.3 is 50.2 Å². The second-order valence-corrected chi connectivity index (χ2v) is 20.3. The molecule has 0 heterocycles. The predicted octanol–water partition coefficient (Wildman–Crippen LogP) is 2.66. The number of hydrogen-bond donors (Lipinski definition) is 7. The SMILES string of the molecule is CCC(C)(CC(C)(CC(C)(C)C(=O)NCCCNC(=O)CCCCC(S)CCS)C(=O)NCCC[N+](C)(C)CCCS(=O)(=O)[O-])C(=O)NCCOCCOCCOCCN. The third kappa shape index (κ3) is 28.1. The van der Waals surface area contributed by atoms with Crippen LogP contribution in [0.5, 0.6) is 0 Å². The van der Waals surface area contributed by atoms with E-state index in [1.165, 1.54) is 0 Å². The maximum Gasteiger partial charge on any atom is 0.226 e. The number of rotatable bonds is 38. The van der Waals surface area contributed by atoms with Crippen LogP contribution in [-0.4, -0.2) is 157 Å². The summed E-state index contributed by atoms with van der Waals surface area (Å²) in [5.41, 5.74) is 2.32. The lowest BCUT2D eigenvalue weighted by atomic mass is 9.64. The lowest BCUT2D eigenvalue weighted by Gasteiger charge is -2.41. The molecule has 3 atom stereocenters. The second kappa shape index (κ2) is 31.2. The molecule has 6 N–H and O–H groups in total. The Labute approximate surface area is 373 Å². The summed E-state index contributed by atoms with van der Waals surface area (Å²) in [6.07, 6.45) is 6.20. The maximum absolute atomic E-state index is 14.2. The van der Waals surface area contributed by atoms with Gasteiger partial charge in [0.1, 0.15) is 0 Å². The number of unbranched alkanes of at least 4 members (excludes halogenated alkanes) is 1. The first-order valence-corrected chi connectivity index (χ1v) is 24.4. The summed E-state index contributed by atoms with van der Waals surface area (Å²) < 4.78 is 50.0. The minimum Gasteiger partial charge on any atom is -0.748 e. The van der Waals surface area contributed by atoms with Crippen LogP contribution < -0.4 is 27.0 Å². The van der Waals surface area contributed by atoms with Gasteiger partial charge in [-0.05, 0) is 50.7 Å². The third-order valence-electron chi connectivity index (χ3n) is 10.6. The lowest BCUT2D eigenvalue weighted by Crippen LogP contribution is -2.51. The van der Waals surface area contributed by atoms with E-state index in [0.717, 1.165) is 31.4 Å². The van der Waals surface area contributed by atoms with E-state index in [-0.39, 0.29) is 56.0 Å². The van der Waals surface area contributed by atoms with Crippen LogP contribution in [0.4, 0.5) is 0 Å². The van der Waals surface area contributed by atoms with Crippen molar-refractivity contribution in [2.75, 3.05) is 111 Å². The van der Waals surface area contributed by atoms with Gasteiger partial charge in [-0.15, -0.1) is 0 Å². The normalized spacial score (nSPS) is 14.8. The average molecular weight is 915 g/mol. The number of carbonyl (C=O) groups is 4. The summed E-state index contributed by atoms with van der Waals surface area (Å²) in [6, 6.07) is 0. The van der Waals surface area contributed by atoms with Crippen molar-refractivity contribution >= 4 is 59.0 Å². The summed E-state index contributed by atoms with van der Waals surface area (Å²) in [7, 11) is -0.405. The highest BCUT2D eigenvalue weighted by molar-refractivity contribution is 7.85. The Balaban J connectivity index is 5.49. The molecule has 19 heteroatoms. The standard InChI is InChI=1S/C41H82N6O10S3/c1-8-40(4,37(50)46-21-25-56-27-29-57-28-26-55-24-17-42)33-41(5,38(51)45-20-12-22-47(6,7)23-13-31-60(52,53)54)32-39(2,3)36(49)44-19-11-18-43-35(48)15-10-9-14-34(59)16-30-58/h34H,8-33,42H2,1-7H3,(H6-,43,44,45,46,48,49,50,51,52,53,54,58,59). The largest absolute Gasteiger partial charge is 0.748 e. The molecule has 0 bridgehead atoms. The Morgan fingerprint density at radius 1 is 0.700 bits per heavy atom. The topological polar surface area (TPSA) is 227 Å². The zero-order valence-corrected chi connectivity index (χ0v) is 40.5. The summed E-state index contributed by atoms with van der Waals surface area (Å²) >= 11 is 8.77. The van der Waals surface area contributed by atoms with Gasteiger partial charge in [-0.1, -0.05) is 41.0 Å². The van der Waals surface area contributed by atoms with E-state index in [1.54, 1.807) is 20.8 Å². The highest BCUT2D eigenvalue weighted by Crippen LogP contribution is 2.44. The molecule has 0 saturated carbocycles. The van der Waals surface area contributed by atoms with Crippen LogP contribution in [0.1, 0.15) is 105 Å². The molecule has 0 saturated heterocycles. The number of carbonyl (C=O) groups excluding carboxylic acids is 4. The average Bonchev–Trinajstić information content (AvgIpc) is 3.15. The zero-order valence-electron chi connectivity index (χ0n) is 37.9. The maximum atomic E-state index is 14.2. The Bertz CT molecular complexity index is 1340. The quantitative estimate of drug-likeness (QED) is 0.0206. The molecule has 0 aromatic rings. The molecule has 0 fully saturated rings. The molecule has 16 nitrogen and oxygen atoms in total. The van der Waals surface area contributed by atoms with Gasteiger partial charge >= 0.3 is 0 Å². The minimum absolute atomic E-state index is 0.0214. The third-order valence-corrected chi connectivity index (χ3v) is 12.2. The Kier molecular flexibility index (Phi) is 30.3. The van der Waals surface area contributed by atoms with Crippen molar-refractivity contribution in [3.05, 3.63) is 0 Å². The van der Waals surface area contributed by atoms with E-state index < -0.39 is 32.1 Å². The second-order valence-electron chi connectivity index (χ2n) is 17.6. The molecule has 0 aromatic carbocycles. The number of nitrogens with one attached hydrogen (secondary N) is 4. The fourth-order valence-corrected chi connectivity index (χ4v) is 8.40. The van der Waals surface area contributed by atoms with Crippen molar-refractivity contribution in [3.63, 3.8) is 0 Å². The molecular weight excluding hydrogens is 833 g/mol. The molecular formula is C41H82N6O10S3. The molecule has 60 heavy (non-hydrogen) atoms. The van der Waals surface area contributed by atoms with Crippen LogP contribution in [0, 0.1) is 16.2 Å². The molecule has 354 valence electrons. The molecule has 0 aliphatic rings. The number of thiol groups is 2. The molecule has 4 amide bonds. The molecule has 0 aliphatic heterocycles. The minimum atomic E-state index is -4.29. The molecule has 3 unspecified atom stereocenters. The summed E-state index contributed by atoms with van der Waals surface area (Å²) in [4.78, 5) is 53.9. The van der Waals surface area contributed by atoms with E-state index in [4.69, 9.17) is 19.9 Å². The molecule has 0 radical (unpaired) electrons. The number of hydrogen-bond acceptors (Lipinski definition) is 13. The van der Waals surface area contributed by atoms with E-state index in [1.807, 2.05) is 27.9 Å². The first kappa shape index (κ1) is 58.3. The van der Waals surface area contributed by atoms with Crippen molar-refractivity contribution in [1.82, 2.24) is 21.3 Å². The Morgan fingerprint density at radius 3 is 1.83 bits per heavy atom. The summed E-state index contributed by atoms with van der Waals surface area (Å²) in [5, 5.41) is 12.2. The van der Waals surface area contributed by atoms with Gasteiger partial charge in [0.15, 0.2) is 0 Å². The molecule has 0 spiro atoms. The van der Waals surface area contributed by atoms with Crippen molar-refractivity contribution in [3.8, 4) is 0 Å². The number of amides is 4. The highest BCUT2D eigenvalue weighted by Gasteiger charge is 2.47. The number of nitrogens with zero attached hydrogens (tertiary/aromatic N) is 1. The lowest BCUT2D eigenvalue weighted by molar-refractivity contribution is -0.890. The number of ether oxygens (including phenoxy) is 3. The van der Waals surface area contributed by atoms with Gasteiger partial charge in [-0.3, -0.25) is 19.2 Å². The molecule has 0 rings (SSSR count). The van der Waals surface area contributed by atoms with Gasteiger partial charge in [0, 0.05) is 79.2 Å². The van der Waals surface area contributed by atoms with Gasteiger partial charge in [-0.25, -0.2) is 8.42 Å². The zero-order chi connectivity index (χ0) is 45.7. The van der Waals surface area contributed by atoms with Gasteiger partial charge in [0.2, 0.25) is 23.6 Å². The van der Waals surface area contributed by atoms with Crippen LogP contribution in [0.3, 0.4) is 0 Å². The van der Waals surface area contributed by atoms with Crippen LogP contribution in [-0.2, 0) is 43.5 Å². The summed E-state index contributed by atoms with van der Waals surface area (Å²) in [6.45, 7) is 14.5. The fourth-order valence-electron chi connectivity index (χ4n) is 7.09. The van der Waals surface area contributed by atoms with Gasteiger partial charge in [-0.2, -0.15) is 25.3 Å². The summed E-state index contributed by atoms with van der Waals surface area (Å²) in [5.74, 6) is -0.373. The Morgan fingerprint density at radius 2 is 1.23 bits per heavy atom. The van der Waals surface area contributed by atoms with Crippen LogP contribution in [0.2, 0.25) is 0 Å². The van der Waals surface area contributed by atoms with Gasteiger partial charge in [0.05, 0.1) is 76.9 Å². The first-order chi connectivity index (χ1) is 28.1. The Hall–Kier alpha value is -1.71. The molecule has 0 aromatic heterocycles. The van der Waals surface area contributed by atoms with E-state index in [0.29, 0.717) is 108 Å². The van der Waals surface area contributed by atoms with Crippen LogP contribution in [0.15, 0.2) is 0 Å². The van der Waals surface area contributed by atoms with Crippen LogP contribution in [0.25, 0.3) is 0 Å². The monoisotopic (exact) mass is 915 g/mol. The predicted molar refractivity (Wildman–Crippen MR) is 243 cm³/mol. The van der Waals surface area contributed by atoms with Crippen molar-refractivity contribution in [2.45, 2.75) is 110 Å². The number of nitrogens with two attached hydrogens (primary N) is 1. The van der Waals surface area contributed by atoms with E-state index >= 15 is 0 Å².